The van der Waals surface area contributed by atoms with Gasteiger partial charge in [0.1, 0.15) is 11.3 Å². The molecule has 0 bridgehead atoms. The normalized spacial score (nSPS) is 12.6. The highest BCUT2D eigenvalue weighted by Gasteiger charge is 2.30. The van der Waals surface area contributed by atoms with Crippen molar-refractivity contribution >= 4 is 5.97 Å². The predicted molar refractivity (Wildman–Crippen MR) is 72.5 cm³/mol. The average Bonchev–Trinajstić information content (AvgIpc) is 2.12. The maximum Gasteiger partial charge on any atom is 0.339 e. The van der Waals surface area contributed by atoms with E-state index in [1.54, 1.807) is 0 Å². The summed E-state index contributed by atoms with van der Waals surface area (Å²) in [6, 6.07) is 3.29. The van der Waals surface area contributed by atoms with Crippen LogP contribution in [-0.2, 0) is 10.8 Å². The summed E-state index contributed by atoms with van der Waals surface area (Å²) in [7, 11) is 0. The Labute approximate surface area is 108 Å². The summed E-state index contributed by atoms with van der Waals surface area (Å²) in [5, 5.41) is 19.3. The molecule has 1 aromatic carbocycles. The maximum absolute atomic E-state index is 11.1. The number of benzene rings is 1. The van der Waals surface area contributed by atoms with Crippen LogP contribution in [0, 0.1) is 0 Å². The van der Waals surface area contributed by atoms with Gasteiger partial charge in [0.15, 0.2) is 0 Å². The summed E-state index contributed by atoms with van der Waals surface area (Å²) in [6.07, 6.45) is 0. The lowest BCUT2D eigenvalue weighted by Crippen LogP contribution is -2.23. The molecule has 0 saturated heterocycles. The van der Waals surface area contributed by atoms with Crippen molar-refractivity contribution in [3.8, 4) is 5.75 Å². The molecule has 0 aromatic heterocycles. The Morgan fingerprint density at radius 2 is 1.50 bits per heavy atom. The average molecular weight is 250 g/mol. The molecule has 0 aliphatic carbocycles. The van der Waals surface area contributed by atoms with Crippen molar-refractivity contribution in [3.63, 3.8) is 0 Å². The van der Waals surface area contributed by atoms with Crippen LogP contribution in [0.2, 0.25) is 0 Å². The molecule has 0 radical (unpaired) electrons. The van der Waals surface area contributed by atoms with E-state index in [4.69, 9.17) is 5.11 Å². The molecule has 100 valence electrons. The Bertz CT molecular complexity index is 474. The van der Waals surface area contributed by atoms with Gasteiger partial charge in [-0.05, 0) is 22.5 Å². The monoisotopic (exact) mass is 250 g/mol. The van der Waals surface area contributed by atoms with Gasteiger partial charge < -0.3 is 10.2 Å². The predicted octanol–water partition coefficient (Wildman–Crippen LogP) is 3.69. The van der Waals surface area contributed by atoms with Crippen LogP contribution in [-0.4, -0.2) is 16.2 Å². The molecule has 0 amide bonds. The molecule has 3 nitrogen and oxygen atoms in total. The largest absolute Gasteiger partial charge is 0.507 e. The van der Waals surface area contributed by atoms with E-state index in [-0.39, 0.29) is 22.1 Å². The number of hydrogen-bond acceptors (Lipinski definition) is 2. The zero-order valence-corrected chi connectivity index (χ0v) is 12.0. The molecule has 18 heavy (non-hydrogen) atoms. The fourth-order valence-corrected chi connectivity index (χ4v) is 2.15. The maximum atomic E-state index is 11.1. The minimum atomic E-state index is -1.10. The van der Waals surface area contributed by atoms with E-state index in [9.17, 15) is 9.90 Å². The summed E-state index contributed by atoms with van der Waals surface area (Å²) < 4.78 is 0. The van der Waals surface area contributed by atoms with Crippen LogP contribution < -0.4 is 0 Å². The van der Waals surface area contributed by atoms with Crippen molar-refractivity contribution in [2.45, 2.75) is 52.4 Å². The van der Waals surface area contributed by atoms with E-state index >= 15 is 0 Å². The third-order valence-corrected chi connectivity index (χ3v) is 2.97. The molecule has 0 spiro atoms. The summed E-state index contributed by atoms with van der Waals surface area (Å²) in [5.41, 5.74) is 1.22. The molecule has 0 heterocycles. The van der Waals surface area contributed by atoms with Crippen molar-refractivity contribution in [1.82, 2.24) is 0 Å². The number of carboxylic acid groups (broad SMARTS) is 1. The molecule has 0 saturated carbocycles. The molecule has 0 aliphatic heterocycles. The number of rotatable bonds is 1. The SMILES string of the molecule is CC(C)(C)c1ccc(C(=O)O)c(O)c1C(C)(C)C. The highest BCUT2D eigenvalue weighted by atomic mass is 16.4. The third kappa shape index (κ3) is 2.66. The van der Waals surface area contributed by atoms with Gasteiger partial charge in [-0.2, -0.15) is 0 Å². The minimum Gasteiger partial charge on any atom is -0.507 e. The molecule has 1 rings (SSSR count). The zero-order valence-electron chi connectivity index (χ0n) is 12.0. The van der Waals surface area contributed by atoms with Crippen LogP contribution in [0.3, 0.4) is 0 Å². The first-order valence-corrected chi connectivity index (χ1v) is 6.06. The van der Waals surface area contributed by atoms with Crippen molar-refractivity contribution < 1.29 is 15.0 Å². The fraction of sp³-hybridized carbons (Fsp3) is 0.533. The molecule has 3 heteroatoms. The Balaban J connectivity index is 3.69. The van der Waals surface area contributed by atoms with Crippen LogP contribution in [0.5, 0.6) is 5.75 Å². The van der Waals surface area contributed by atoms with E-state index in [1.165, 1.54) is 6.07 Å². The lowest BCUT2D eigenvalue weighted by atomic mass is 9.74. The number of carbonyl (C=O) groups is 1. The fourth-order valence-electron chi connectivity index (χ4n) is 2.15. The smallest absolute Gasteiger partial charge is 0.339 e. The number of carboxylic acids is 1. The van der Waals surface area contributed by atoms with Crippen molar-refractivity contribution in [2.75, 3.05) is 0 Å². The third-order valence-electron chi connectivity index (χ3n) is 2.97. The summed E-state index contributed by atoms with van der Waals surface area (Å²) in [4.78, 5) is 11.1. The topological polar surface area (TPSA) is 57.5 Å². The van der Waals surface area contributed by atoms with E-state index in [0.29, 0.717) is 0 Å². The minimum absolute atomic E-state index is 0.0343. The molecule has 2 N–H and O–H groups in total. The van der Waals surface area contributed by atoms with Crippen molar-refractivity contribution in [2.24, 2.45) is 0 Å². The van der Waals surface area contributed by atoms with Gasteiger partial charge in [0.2, 0.25) is 0 Å². The summed E-state index contributed by atoms with van der Waals surface area (Å²) in [6.45, 7) is 12.1. The van der Waals surface area contributed by atoms with Crippen LogP contribution in [0.1, 0.15) is 63.0 Å². The van der Waals surface area contributed by atoms with Gasteiger partial charge in [-0.25, -0.2) is 4.79 Å². The Hall–Kier alpha value is -1.51. The van der Waals surface area contributed by atoms with Gasteiger partial charge in [-0.15, -0.1) is 0 Å². The molecule has 0 fully saturated rings. The van der Waals surface area contributed by atoms with Gasteiger partial charge in [0.25, 0.3) is 0 Å². The van der Waals surface area contributed by atoms with Crippen LogP contribution >= 0.6 is 0 Å². The van der Waals surface area contributed by atoms with Crippen LogP contribution in [0.4, 0.5) is 0 Å². The van der Waals surface area contributed by atoms with Gasteiger partial charge in [-0.1, -0.05) is 47.6 Å². The molecule has 0 aliphatic rings. The molecular weight excluding hydrogens is 228 g/mol. The summed E-state index contributed by atoms with van der Waals surface area (Å²) in [5.74, 6) is -1.21. The van der Waals surface area contributed by atoms with E-state index < -0.39 is 5.97 Å². The second-order valence-corrected chi connectivity index (χ2v) is 6.69. The molecular formula is C15H22O3. The zero-order chi connectivity index (χ0) is 14.3. The lowest BCUT2D eigenvalue weighted by molar-refractivity contribution is 0.0693. The first-order chi connectivity index (χ1) is 7.96. The molecule has 1 aromatic rings. The Kier molecular flexibility index (Phi) is 3.48. The highest BCUT2D eigenvalue weighted by molar-refractivity contribution is 5.91. The Morgan fingerprint density at radius 3 is 1.83 bits per heavy atom. The summed E-state index contributed by atoms with van der Waals surface area (Å²) >= 11 is 0. The standard InChI is InChI=1S/C15H22O3/c1-14(2,3)10-8-7-9(13(17)18)12(16)11(10)15(4,5)6/h7-8,16H,1-6H3,(H,17,18). The van der Waals surface area contributed by atoms with Crippen molar-refractivity contribution in [3.05, 3.63) is 28.8 Å². The second kappa shape index (κ2) is 4.30. The van der Waals surface area contributed by atoms with Gasteiger partial charge in [0, 0.05) is 5.56 Å². The first kappa shape index (κ1) is 14.6. The quantitative estimate of drug-likeness (QED) is 0.799. The van der Waals surface area contributed by atoms with E-state index in [0.717, 1.165) is 11.1 Å². The first-order valence-electron chi connectivity index (χ1n) is 6.06. The number of hydrogen-bond donors (Lipinski definition) is 2. The van der Waals surface area contributed by atoms with Crippen molar-refractivity contribution in [1.29, 1.82) is 0 Å². The van der Waals surface area contributed by atoms with Crippen LogP contribution in [0.25, 0.3) is 0 Å². The molecule has 0 atom stereocenters. The van der Waals surface area contributed by atoms with Crippen LogP contribution in [0.15, 0.2) is 12.1 Å². The highest BCUT2D eigenvalue weighted by Crippen LogP contribution is 2.41. The molecule has 0 unspecified atom stereocenters. The van der Waals surface area contributed by atoms with Gasteiger partial charge in [0.05, 0.1) is 0 Å². The van der Waals surface area contributed by atoms with E-state index in [1.807, 2.05) is 26.8 Å². The number of aromatic hydroxyl groups is 1. The lowest BCUT2D eigenvalue weighted by Gasteiger charge is -2.31. The Morgan fingerprint density at radius 1 is 1.00 bits per heavy atom. The number of phenols is 1. The van der Waals surface area contributed by atoms with E-state index in [2.05, 4.69) is 20.8 Å². The van der Waals surface area contributed by atoms with Gasteiger partial charge in [-0.3, -0.25) is 0 Å². The number of aromatic carboxylic acids is 1. The second-order valence-electron chi connectivity index (χ2n) is 6.69. The van der Waals surface area contributed by atoms with Gasteiger partial charge >= 0.3 is 5.97 Å².